The topological polar surface area (TPSA) is 59.8 Å². The van der Waals surface area contributed by atoms with Crippen molar-refractivity contribution in [2.75, 3.05) is 13.2 Å². The van der Waals surface area contributed by atoms with Crippen molar-refractivity contribution in [2.45, 2.75) is 46.6 Å². The molecule has 1 amide bonds. The number of ether oxygens (including phenoxy) is 1. The molecule has 5 heteroatoms. The van der Waals surface area contributed by atoms with Gasteiger partial charge in [-0.1, -0.05) is 31.5 Å². The molecule has 0 spiro atoms. The van der Waals surface area contributed by atoms with Gasteiger partial charge in [0.25, 0.3) is 5.91 Å². The van der Waals surface area contributed by atoms with Crippen LogP contribution in [0.4, 0.5) is 0 Å². The smallest absolute Gasteiger partial charge is 0.290 e. The predicted molar refractivity (Wildman–Crippen MR) is 117 cm³/mol. The number of carbonyl (C=O) groups is 1. The second-order valence-corrected chi connectivity index (χ2v) is 7.89. The predicted octanol–water partition coefficient (Wildman–Crippen LogP) is 5.15. The lowest BCUT2D eigenvalue weighted by Gasteiger charge is -2.25. The summed E-state index contributed by atoms with van der Waals surface area (Å²) in [7, 11) is 0. The van der Waals surface area contributed by atoms with E-state index >= 15 is 0 Å². The second-order valence-electron chi connectivity index (χ2n) is 7.89. The van der Waals surface area contributed by atoms with Gasteiger partial charge in [0.2, 0.25) is 5.76 Å². The van der Waals surface area contributed by atoms with Crippen LogP contribution in [0.15, 0.2) is 45.6 Å². The van der Waals surface area contributed by atoms with Gasteiger partial charge in [-0.25, -0.2) is 0 Å². The summed E-state index contributed by atoms with van der Waals surface area (Å²) >= 11 is 0. The summed E-state index contributed by atoms with van der Waals surface area (Å²) in [6, 6.07) is 11.0. The highest BCUT2D eigenvalue weighted by Crippen LogP contribution is 2.39. The standard InChI is InChI=1S/C25H27NO4/c1-5-7-12-26-22(17-8-10-18(11-9-17)29-6-2)21-23(27)20-16(4)13-15(3)14-19(20)30-24(21)25(26)28/h8-11,13-14,22H,5-7,12H2,1-4H3. The van der Waals surface area contributed by atoms with Crippen molar-refractivity contribution in [3.63, 3.8) is 0 Å². The van der Waals surface area contributed by atoms with E-state index in [1.807, 2.05) is 57.2 Å². The molecule has 156 valence electrons. The number of unbranched alkanes of at least 4 members (excludes halogenated alkanes) is 1. The largest absolute Gasteiger partial charge is 0.494 e. The minimum absolute atomic E-state index is 0.116. The van der Waals surface area contributed by atoms with Gasteiger partial charge in [-0.2, -0.15) is 0 Å². The van der Waals surface area contributed by atoms with Crippen LogP contribution in [0, 0.1) is 13.8 Å². The van der Waals surface area contributed by atoms with Crippen LogP contribution in [-0.4, -0.2) is 24.0 Å². The molecule has 0 aliphatic carbocycles. The molecule has 0 bridgehead atoms. The number of hydrogen-bond donors (Lipinski definition) is 0. The van der Waals surface area contributed by atoms with Crippen LogP contribution in [0.3, 0.4) is 0 Å². The normalized spacial score (nSPS) is 15.7. The van der Waals surface area contributed by atoms with E-state index in [0.717, 1.165) is 35.3 Å². The molecule has 30 heavy (non-hydrogen) atoms. The quantitative estimate of drug-likeness (QED) is 0.569. The van der Waals surface area contributed by atoms with Crippen molar-refractivity contribution < 1.29 is 13.9 Å². The minimum Gasteiger partial charge on any atom is -0.494 e. The Morgan fingerprint density at radius 1 is 1.07 bits per heavy atom. The number of fused-ring (bicyclic) bond motifs is 2. The maximum absolute atomic E-state index is 13.6. The van der Waals surface area contributed by atoms with Crippen molar-refractivity contribution in [3.05, 3.63) is 74.6 Å². The Morgan fingerprint density at radius 3 is 2.47 bits per heavy atom. The fraction of sp³-hybridized carbons (Fsp3) is 0.360. The summed E-state index contributed by atoms with van der Waals surface area (Å²) in [5.41, 5.74) is 3.56. The molecule has 0 fully saturated rings. The Kier molecular flexibility index (Phi) is 5.37. The zero-order chi connectivity index (χ0) is 21.4. The molecule has 1 unspecified atom stereocenters. The Labute approximate surface area is 176 Å². The third-order valence-corrected chi connectivity index (χ3v) is 5.67. The third kappa shape index (κ3) is 3.28. The van der Waals surface area contributed by atoms with Crippen LogP contribution in [0.2, 0.25) is 0 Å². The molecule has 0 saturated carbocycles. The minimum atomic E-state index is -0.448. The lowest BCUT2D eigenvalue weighted by Crippen LogP contribution is -2.30. The van der Waals surface area contributed by atoms with Gasteiger partial charge in [0, 0.05) is 6.54 Å². The molecule has 4 rings (SSSR count). The monoisotopic (exact) mass is 405 g/mol. The molecule has 2 aromatic carbocycles. The van der Waals surface area contributed by atoms with Gasteiger partial charge >= 0.3 is 0 Å². The Hall–Kier alpha value is -3.08. The van der Waals surface area contributed by atoms with Crippen LogP contribution in [0.25, 0.3) is 11.0 Å². The highest BCUT2D eigenvalue weighted by molar-refractivity contribution is 5.99. The molecule has 2 heterocycles. The fourth-order valence-corrected chi connectivity index (χ4v) is 4.33. The number of nitrogens with zero attached hydrogens (tertiary/aromatic N) is 1. The summed E-state index contributed by atoms with van der Waals surface area (Å²) in [5, 5.41) is 0.556. The zero-order valence-corrected chi connectivity index (χ0v) is 18.0. The van der Waals surface area contributed by atoms with Crippen LogP contribution >= 0.6 is 0 Å². The molecule has 1 aliphatic rings. The first-order valence-corrected chi connectivity index (χ1v) is 10.6. The van der Waals surface area contributed by atoms with Gasteiger partial charge < -0.3 is 14.1 Å². The van der Waals surface area contributed by atoms with Gasteiger partial charge in [0.15, 0.2) is 5.43 Å². The number of aryl methyl sites for hydroxylation is 2. The molecule has 5 nitrogen and oxygen atoms in total. The SMILES string of the molecule is CCCCN1C(=O)c2oc3cc(C)cc(C)c3c(=O)c2C1c1ccc(OCC)cc1. The fourth-order valence-electron chi connectivity index (χ4n) is 4.33. The van der Waals surface area contributed by atoms with E-state index in [4.69, 9.17) is 9.15 Å². The average Bonchev–Trinajstić information content (AvgIpc) is 2.99. The summed E-state index contributed by atoms with van der Waals surface area (Å²) in [4.78, 5) is 28.7. The molecule has 1 aromatic heterocycles. The van der Waals surface area contributed by atoms with Crippen molar-refractivity contribution in [1.82, 2.24) is 4.90 Å². The molecular formula is C25H27NO4. The summed E-state index contributed by atoms with van der Waals surface area (Å²) in [6.07, 6.45) is 1.82. The summed E-state index contributed by atoms with van der Waals surface area (Å²) < 4.78 is 11.6. The molecule has 0 saturated heterocycles. The Morgan fingerprint density at radius 2 is 1.80 bits per heavy atom. The summed E-state index contributed by atoms with van der Waals surface area (Å²) in [6.45, 7) is 9.05. The number of carbonyl (C=O) groups excluding carboxylic acids is 1. The van der Waals surface area contributed by atoms with E-state index in [-0.39, 0.29) is 17.1 Å². The number of hydrogen-bond acceptors (Lipinski definition) is 4. The van der Waals surface area contributed by atoms with E-state index in [1.165, 1.54) is 0 Å². The highest BCUT2D eigenvalue weighted by atomic mass is 16.5. The van der Waals surface area contributed by atoms with Gasteiger partial charge in [-0.3, -0.25) is 9.59 Å². The average molecular weight is 405 g/mol. The first kappa shape index (κ1) is 20.2. The van der Waals surface area contributed by atoms with E-state index in [9.17, 15) is 9.59 Å². The Balaban J connectivity index is 1.93. The van der Waals surface area contributed by atoms with E-state index in [2.05, 4.69) is 6.92 Å². The van der Waals surface area contributed by atoms with Crippen LogP contribution in [0.1, 0.15) is 65.5 Å². The molecule has 0 N–H and O–H groups in total. The van der Waals surface area contributed by atoms with Gasteiger partial charge in [0.05, 0.1) is 23.6 Å². The van der Waals surface area contributed by atoms with Crippen LogP contribution < -0.4 is 10.2 Å². The lowest BCUT2D eigenvalue weighted by atomic mass is 9.96. The van der Waals surface area contributed by atoms with Gasteiger partial charge in [0.1, 0.15) is 11.3 Å². The maximum Gasteiger partial charge on any atom is 0.290 e. The number of rotatable bonds is 6. The Bertz CT molecular complexity index is 1160. The van der Waals surface area contributed by atoms with Crippen molar-refractivity contribution in [1.29, 1.82) is 0 Å². The second kappa shape index (κ2) is 7.98. The molecule has 3 aromatic rings. The van der Waals surface area contributed by atoms with Crippen LogP contribution in [0.5, 0.6) is 5.75 Å². The van der Waals surface area contributed by atoms with Crippen molar-refractivity contribution in [2.24, 2.45) is 0 Å². The van der Waals surface area contributed by atoms with Gasteiger partial charge in [-0.05, 0) is 62.1 Å². The summed E-state index contributed by atoms with van der Waals surface area (Å²) in [5.74, 6) is 0.728. The molecule has 1 aliphatic heterocycles. The maximum atomic E-state index is 13.6. The third-order valence-electron chi connectivity index (χ3n) is 5.67. The lowest BCUT2D eigenvalue weighted by molar-refractivity contribution is 0.0725. The zero-order valence-electron chi connectivity index (χ0n) is 18.0. The molecule has 1 atom stereocenters. The van der Waals surface area contributed by atoms with E-state index in [0.29, 0.717) is 29.7 Å². The van der Waals surface area contributed by atoms with Crippen molar-refractivity contribution >= 4 is 16.9 Å². The highest BCUT2D eigenvalue weighted by Gasteiger charge is 2.42. The first-order valence-electron chi connectivity index (χ1n) is 10.6. The number of amides is 1. The van der Waals surface area contributed by atoms with E-state index in [1.54, 1.807) is 4.90 Å². The first-order chi connectivity index (χ1) is 14.5. The van der Waals surface area contributed by atoms with Crippen molar-refractivity contribution in [3.8, 4) is 5.75 Å². The molecular weight excluding hydrogens is 378 g/mol. The number of benzene rings is 2. The van der Waals surface area contributed by atoms with Crippen LogP contribution in [-0.2, 0) is 0 Å². The van der Waals surface area contributed by atoms with E-state index < -0.39 is 6.04 Å². The van der Waals surface area contributed by atoms with Gasteiger partial charge in [-0.15, -0.1) is 0 Å². The molecule has 0 radical (unpaired) electrons.